The number of carbonyl (C=O) groups is 3. The van der Waals surface area contributed by atoms with Crippen molar-refractivity contribution in [1.29, 1.82) is 0 Å². The number of hydrogen-bond donors (Lipinski definition) is 2. The van der Waals surface area contributed by atoms with Crippen LogP contribution in [0.2, 0.25) is 4.34 Å². The first kappa shape index (κ1) is 21.8. The number of fused-ring (bicyclic) bond motifs is 1. The van der Waals surface area contributed by atoms with Crippen LogP contribution in [0.4, 0.5) is 0 Å². The van der Waals surface area contributed by atoms with Gasteiger partial charge in [-0.3, -0.25) is 14.4 Å². The van der Waals surface area contributed by atoms with Crippen LogP contribution in [0.3, 0.4) is 0 Å². The number of benzene rings is 1. The summed E-state index contributed by atoms with van der Waals surface area (Å²) in [7, 11) is 2.09. The Balaban J connectivity index is 1.49. The Hall–Kier alpha value is -2.42. The highest BCUT2D eigenvalue weighted by molar-refractivity contribution is 7.18. The summed E-state index contributed by atoms with van der Waals surface area (Å²) in [6.45, 7) is 2.14. The molecule has 1 aromatic heterocycles. The Bertz CT molecular complexity index is 1020. The van der Waals surface area contributed by atoms with Gasteiger partial charge in [-0.05, 0) is 55.3 Å². The van der Waals surface area contributed by atoms with Gasteiger partial charge in [0.05, 0.1) is 21.2 Å². The Morgan fingerprint density at radius 2 is 1.84 bits per heavy atom. The lowest BCUT2D eigenvalue weighted by Gasteiger charge is -2.18. The molecule has 4 rings (SSSR count). The minimum atomic E-state index is -1.03. The second-order valence-corrected chi connectivity index (χ2v) is 9.84. The molecule has 2 N–H and O–H groups in total. The van der Waals surface area contributed by atoms with Gasteiger partial charge in [0.25, 0.3) is 11.8 Å². The molecule has 2 aromatic rings. The van der Waals surface area contributed by atoms with Crippen molar-refractivity contribution >= 4 is 40.7 Å². The Labute approximate surface area is 189 Å². The number of hydrogen-bond acceptors (Lipinski definition) is 5. The third kappa shape index (κ3) is 4.76. The number of amides is 2. The molecule has 0 saturated carbocycles. The molecule has 3 heterocycles. The van der Waals surface area contributed by atoms with Gasteiger partial charge >= 0.3 is 5.97 Å². The zero-order chi connectivity index (χ0) is 22.1. The Morgan fingerprint density at radius 1 is 1.10 bits per heavy atom. The third-order valence-electron chi connectivity index (χ3n) is 6.02. The van der Waals surface area contributed by atoms with E-state index < -0.39 is 17.9 Å². The van der Waals surface area contributed by atoms with Crippen molar-refractivity contribution in [3.05, 3.63) is 56.2 Å². The number of halogens is 1. The monoisotopic (exact) mass is 461 g/mol. The highest BCUT2D eigenvalue weighted by Crippen LogP contribution is 2.25. The lowest BCUT2D eigenvalue weighted by molar-refractivity contribution is -0.141. The molecule has 31 heavy (non-hydrogen) atoms. The molecule has 0 spiro atoms. The number of thiophene rings is 1. The van der Waals surface area contributed by atoms with Crippen LogP contribution in [-0.4, -0.2) is 72.0 Å². The molecule has 164 valence electrons. The predicted molar refractivity (Wildman–Crippen MR) is 119 cm³/mol. The number of carboxylic acid groups (broad SMARTS) is 1. The normalized spacial score (nSPS) is 21.4. The van der Waals surface area contributed by atoms with E-state index in [2.05, 4.69) is 17.3 Å². The zero-order valence-electron chi connectivity index (χ0n) is 17.1. The summed E-state index contributed by atoms with van der Waals surface area (Å²) < 4.78 is 0.484. The van der Waals surface area contributed by atoms with Crippen molar-refractivity contribution in [2.24, 2.45) is 5.92 Å². The third-order valence-corrected chi connectivity index (χ3v) is 7.25. The number of likely N-dealkylation sites (tertiary alicyclic amines) is 1. The van der Waals surface area contributed by atoms with Crippen LogP contribution < -0.4 is 5.32 Å². The summed E-state index contributed by atoms with van der Waals surface area (Å²) in [5.41, 5.74) is 2.98. The number of aliphatic carboxylic acids is 1. The van der Waals surface area contributed by atoms with Gasteiger partial charge in [0, 0.05) is 31.7 Å². The highest BCUT2D eigenvalue weighted by Gasteiger charge is 2.41. The summed E-state index contributed by atoms with van der Waals surface area (Å²) in [5.74, 6) is -2.48. The first-order valence-corrected chi connectivity index (χ1v) is 11.4. The molecule has 0 aliphatic carbocycles. The number of carboxylic acids is 1. The molecular weight excluding hydrogens is 438 g/mol. The topological polar surface area (TPSA) is 90.0 Å². The standard InChI is InChI=1S/C22H24ClN3O4S/c1-25-8-6-13-2-3-15(10-14(13)7-9-25)21(28)26-11-16(22(29)30)17(12-26)24-20(27)18-4-5-19(23)31-18/h2-5,10,16-17H,6-9,11-12H2,1H3,(H,24,27)(H,29,30). The van der Waals surface area contributed by atoms with Gasteiger partial charge in [0.2, 0.25) is 0 Å². The highest BCUT2D eigenvalue weighted by atomic mass is 35.5. The van der Waals surface area contributed by atoms with E-state index in [1.807, 2.05) is 18.2 Å². The lowest BCUT2D eigenvalue weighted by Crippen LogP contribution is -2.43. The van der Waals surface area contributed by atoms with Crippen molar-refractivity contribution in [2.45, 2.75) is 18.9 Å². The smallest absolute Gasteiger partial charge is 0.310 e. The van der Waals surface area contributed by atoms with Crippen molar-refractivity contribution in [3.63, 3.8) is 0 Å². The summed E-state index contributed by atoms with van der Waals surface area (Å²) in [6, 6.07) is 8.32. The van der Waals surface area contributed by atoms with E-state index in [1.54, 1.807) is 12.1 Å². The molecule has 1 aromatic carbocycles. The maximum atomic E-state index is 13.2. The summed E-state index contributed by atoms with van der Waals surface area (Å²) in [5, 5.41) is 12.4. The van der Waals surface area contributed by atoms with Crippen LogP contribution >= 0.6 is 22.9 Å². The van der Waals surface area contributed by atoms with E-state index in [0.717, 1.165) is 37.3 Å². The van der Waals surface area contributed by atoms with Gasteiger partial charge < -0.3 is 20.2 Å². The van der Waals surface area contributed by atoms with Crippen molar-refractivity contribution in [3.8, 4) is 0 Å². The number of nitrogens with zero attached hydrogens (tertiary/aromatic N) is 2. The van der Waals surface area contributed by atoms with Crippen molar-refractivity contribution in [1.82, 2.24) is 15.1 Å². The average Bonchev–Trinajstić information content (AvgIpc) is 3.32. The minimum absolute atomic E-state index is 0.0597. The molecule has 2 amide bonds. The fourth-order valence-electron chi connectivity index (χ4n) is 4.19. The molecule has 2 unspecified atom stereocenters. The lowest BCUT2D eigenvalue weighted by atomic mass is 9.99. The minimum Gasteiger partial charge on any atom is -0.481 e. The van der Waals surface area contributed by atoms with E-state index >= 15 is 0 Å². The van der Waals surface area contributed by atoms with E-state index in [9.17, 15) is 19.5 Å². The van der Waals surface area contributed by atoms with E-state index in [-0.39, 0.29) is 24.9 Å². The van der Waals surface area contributed by atoms with Crippen LogP contribution in [0.5, 0.6) is 0 Å². The number of likely N-dealkylation sites (N-methyl/N-ethyl adjacent to an activating group) is 1. The molecule has 2 atom stereocenters. The molecular formula is C22H24ClN3O4S. The van der Waals surface area contributed by atoms with Crippen LogP contribution in [0, 0.1) is 5.92 Å². The van der Waals surface area contributed by atoms with Gasteiger partial charge in [-0.2, -0.15) is 0 Å². The quantitative estimate of drug-likeness (QED) is 0.729. The number of nitrogens with one attached hydrogen (secondary N) is 1. The average molecular weight is 462 g/mol. The maximum absolute atomic E-state index is 13.2. The molecule has 7 nitrogen and oxygen atoms in total. The Kier molecular flexibility index (Phi) is 6.31. The SMILES string of the molecule is CN1CCc2ccc(C(=O)N3CC(NC(=O)c4ccc(Cl)s4)C(C(=O)O)C3)cc2CC1. The molecule has 1 fully saturated rings. The maximum Gasteiger partial charge on any atom is 0.310 e. The summed E-state index contributed by atoms with van der Waals surface area (Å²) in [4.78, 5) is 41.6. The van der Waals surface area contributed by atoms with Crippen LogP contribution in [0.25, 0.3) is 0 Å². The van der Waals surface area contributed by atoms with Gasteiger partial charge in [-0.15, -0.1) is 11.3 Å². The molecule has 0 bridgehead atoms. The molecule has 9 heteroatoms. The van der Waals surface area contributed by atoms with Gasteiger partial charge in [0.15, 0.2) is 0 Å². The largest absolute Gasteiger partial charge is 0.481 e. The van der Waals surface area contributed by atoms with Crippen molar-refractivity contribution in [2.75, 3.05) is 33.2 Å². The van der Waals surface area contributed by atoms with Gasteiger partial charge in [-0.1, -0.05) is 17.7 Å². The first-order valence-electron chi connectivity index (χ1n) is 10.2. The predicted octanol–water partition coefficient (Wildman–Crippen LogP) is 2.39. The van der Waals surface area contributed by atoms with E-state index in [4.69, 9.17) is 11.6 Å². The van der Waals surface area contributed by atoms with Crippen LogP contribution in [0.15, 0.2) is 30.3 Å². The molecule has 0 radical (unpaired) electrons. The fraction of sp³-hybridized carbons (Fsp3) is 0.409. The van der Waals surface area contributed by atoms with Crippen LogP contribution in [-0.2, 0) is 17.6 Å². The Morgan fingerprint density at radius 3 is 2.52 bits per heavy atom. The fourth-order valence-corrected chi connectivity index (χ4v) is 5.14. The molecule has 2 aliphatic rings. The second kappa shape index (κ2) is 8.98. The zero-order valence-corrected chi connectivity index (χ0v) is 18.7. The van der Waals surface area contributed by atoms with Crippen LogP contribution in [0.1, 0.15) is 31.2 Å². The number of rotatable bonds is 4. The second-order valence-electron chi connectivity index (χ2n) is 8.13. The van der Waals surface area contributed by atoms with E-state index in [1.165, 1.54) is 16.0 Å². The summed E-state index contributed by atoms with van der Waals surface area (Å²) >= 11 is 7.02. The summed E-state index contributed by atoms with van der Waals surface area (Å²) in [6.07, 6.45) is 1.83. The van der Waals surface area contributed by atoms with Gasteiger partial charge in [-0.25, -0.2) is 0 Å². The first-order chi connectivity index (χ1) is 14.8. The van der Waals surface area contributed by atoms with Gasteiger partial charge in [0.1, 0.15) is 0 Å². The molecule has 2 aliphatic heterocycles. The van der Waals surface area contributed by atoms with E-state index in [0.29, 0.717) is 14.8 Å². The van der Waals surface area contributed by atoms with Crippen molar-refractivity contribution < 1.29 is 19.5 Å². The molecule has 1 saturated heterocycles. The number of carbonyl (C=O) groups excluding carboxylic acids is 2.